The van der Waals surface area contributed by atoms with Crippen LogP contribution in [0.4, 0.5) is 0 Å². The first-order chi connectivity index (χ1) is 3.68. The molecule has 0 aliphatic carbocycles. The molecule has 0 unspecified atom stereocenters. The molecule has 0 spiro atoms. The Bertz CT molecular complexity index is 124. The van der Waals surface area contributed by atoms with Crippen molar-refractivity contribution in [3.63, 3.8) is 0 Å². The monoisotopic (exact) mass is 111 g/mol. The average molecular weight is 111 g/mol. The van der Waals surface area contributed by atoms with Crippen LogP contribution in [0.15, 0.2) is 24.8 Å². The minimum absolute atomic E-state index is 0.0694. The van der Waals surface area contributed by atoms with Crippen LogP contribution in [0.2, 0.25) is 0 Å². The summed E-state index contributed by atoms with van der Waals surface area (Å²) in [6.07, 6.45) is 1.76. The second kappa shape index (κ2) is 3.02. The summed E-state index contributed by atoms with van der Waals surface area (Å²) in [7, 11) is 0. The van der Waals surface area contributed by atoms with Gasteiger partial charge in [-0.1, -0.05) is 12.7 Å². The maximum Gasteiger partial charge on any atom is 0.382 e. The normalized spacial score (nSPS) is 8.00. The van der Waals surface area contributed by atoms with E-state index in [1.165, 1.54) is 6.08 Å². The van der Waals surface area contributed by atoms with Gasteiger partial charge in [0.1, 0.15) is 0 Å². The minimum Gasteiger partial charge on any atom is -0.242 e. The second-order valence-electron chi connectivity index (χ2n) is 1.38. The van der Waals surface area contributed by atoms with E-state index in [-0.39, 0.29) is 5.57 Å². The third kappa shape index (κ3) is 2.18. The fraction of sp³-hybridized carbons (Fsp3) is 0.167. The van der Waals surface area contributed by atoms with Gasteiger partial charge in [-0.2, -0.15) is 0 Å². The quantitative estimate of drug-likeness (QED) is 0.396. The first-order valence-electron chi connectivity index (χ1n) is 2.18. The topological polar surface area (TPSA) is 37.0 Å². The molecule has 2 nitrogen and oxygen atoms in total. The van der Waals surface area contributed by atoms with Gasteiger partial charge in [-0.15, -0.1) is 6.58 Å². The number of rotatable bonds is 3. The zero-order chi connectivity index (χ0) is 6.57. The van der Waals surface area contributed by atoms with E-state index in [9.17, 15) is 9.90 Å². The Morgan fingerprint density at radius 1 is 1.62 bits per heavy atom. The van der Waals surface area contributed by atoms with Gasteiger partial charge in [0.05, 0.1) is 0 Å². The standard InChI is InChI=1S/C6H7O2/c1-3-4-5(2)6(7)8/h3H,1-2,4H2. The van der Waals surface area contributed by atoms with Gasteiger partial charge in [0, 0.05) is 5.57 Å². The second-order valence-corrected chi connectivity index (χ2v) is 1.38. The molecule has 0 heterocycles. The fourth-order valence-electron chi connectivity index (χ4n) is 0.258. The predicted octanol–water partition coefficient (Wildman–Crippen LogP) is 1.08. The van der Waals surface area contributed by atoms with Crippen molar-refractivity contribution in [1.29, 1.82) is 0 Å². The van der Waals surface area contributed by atoms with Crippen molar-refractivity contribution in [1.82, 2.24) is 0 Å². The number of allylic oxidation sites excluding steroid dienone is 1. The summed E-state index contributed by atoms with van der Waals surface area (Å²) in [6, 6.07) is 0. The summed E-state index contributed by atoms with van der Waals surface area (Å²) in [5.74, 6) is -1.20. The number of carbonyl (C=O) groups excluding carboxylic acids is 1. The molecule has 0 aliphatic heterocycles. The lowest BCUT2D eigenvalue weighted by Gasteiger charge is -1.86. The zero-order valence-corrected chi connectivity index (χ0v) is 4.52. The Morgan fingerprint density at radius 2 is 2.12 bits per heavy atom. The lowest BCUT2D eigenvalue weighted by atomic mass is 10.2. The highest BCUT2D eigenvalue weighted by molar-refractivity contribution is 5.85. The van der Waals surface area contributed by atoms with Gasteiger partial charge in [0.2, 0.25) is 0 Å². The first kappa shape index (κ1) is 6.95. The summed E-state index contributed by atoms with van der Waals surface area (Å²) < 4.78 is 0. The van der Waals surface area contributed by atoms with Crippen LogP contribution in [0.1, 0.15) is 6.42 Å². The molecule has 0 bridgehead atoms. The molecule has 0 aliphatic rings. The van der Waals surface area contributed by atoms with Gasteiger partial charge in [0.25, 0.3) is 0 Å². The van der Waals surface area contributed by atoms with Crippen molar-refractivity contribution < 1.29 is 9.90 Å². The van der Waals surface area contributed by atoms with E-state index < -0.39 is 5.97 Å². The van der Waals surface area contributed by atoms with Crippen molar-refractivity contribution in [3.05, 3.63) is 24.8 Å². The highest BCUT2D eigenvalue weighted by Crippen LogP contribution is 1.96. The Labute approximate surface area is 48.1 Å². The van der Waals surface area contributed by atoms with Crippen molar-refractivity contribution in [2.24, 2.45) is 0 Å². The fourth-order valence-corrected chi connectivity index (χ4v) is 0.258. The molecule has 0 atom stereocenters. The van der Waals surface area contributed by atoms with E-state index in [1.54, 1.807) is 0 Å². The lowest BCUT2D eigenvalue weighted by Crippen LogP contribution is -1.94. The molecule has 0 aromatic rings. The van der Waals surface area contributed by atoms with E-state index in [0.717, 1.165) is 0 Å². The van der Waals surface area contributed by atoms with Gasteiger partial charge >= 0.3 is 5.97 Å². The molecular formula is C6H7O2. The van der Waals surface area contributed by atoms with Gasteiger partial charge in [-0.25, -0.2) is 9.90 Å². The van der Waals surface area contributed by atoms with Crippen LogP contribution in [0.5, 0.6) is 0 Å². The first-order valence-corrected chi connectivity index (χ1v) is 2.18. The third-order valence-electron chi connectivity index (χ3n) is 0.679. The minimum atomic E-state index is -1.20. The van der Waals surface area contributed by atoms with Crippen LogP contribution in [0.25, 0.3) is 0 Å². The molecule has 0 rings (SSSR count). The smallest absolute Gasteiger partial charge is 0.242 e. The molecule has 0 saturated heterocycles. The van der Waals surface area contributed by atoms with Crippen LogP contribution in [0, 0.1) is 0 Å². The summed E-state index contributed by atoms with van der Waals surface area (Å²) in [5.41, 5.74) is 0.0694. The molecular weight excluding hydrogens is 104 g/mol. The van der Waals surface area contributed by atoms with Crippen LogP contribution in [-0.2, 0) is 9.90 Å². The molecule has 8 heavy (non-hydrogen) atoms. The van der Waals surface area contributed by atoms with Crippen LogP contribution < -0.4 is 0 Å². The molecule has 0 amide bonds. The van der Waals surface area contributed by atoms with E-state index in [0.29, 0.717) is 6.42 Å². The maximum atomic E-state index is 9.83. The van der Waals surface area contributed by atoms with Crippen molar-refractivity contribution >= 4 is 5.97 Å². The Balaban J connectivity index is 3.65. The summed E-state index contributed by atoms with van der Waals surface area (Å²) >= 11 is 0. The predicted molar refractivity (Wildman–Crippen MR) is 29.6 cm³/mol. The van der Waals surface area contributed by atoms with E-state index in [2.05, 4.69) is 13.2 Å². The molecule has 43 valence electrons. The third-order valence-corrected chi connectivity index (χ3v) is 0.679. The van der Waals surface area contributed by atoms with Gasteiger partial charge in [-0.05, 0) is 6.42 Å². The van der Waals surface area contributed by atoms with Crippen molar-refractivity contribution in [2.75, 3.05) is 0 Å². The summed E-state index contributed by atoms with van der Waals surface area (Å²) in [6.45, 7) is 6.54. The highest BCUT2D eigenvalue weighted by atomic mass is 16.4. The van der Waals surface area contributed by atoms with Gasteiger partial charge in [0.15, 0.2) is 0 Å². The van der Waals surface area contributed by atoms with Crippen LogP contribution in [-0.4, -0.2) is 5.97 Å². The van der Waals surface area contributed by atoms with Gasteiger partial charge in [-0.3, -0.25) is 0 Å². The Kier molecular flexibility index (Phi) is 2.62. The largest absolute Gasteiger partial charge is 0.382 e. The van der Waals surface area contributed by atoms with Crippen LogP contribution in [0.3, 0.4) is 0 Å². The number of hydrogen-bond acceptors (Lipinski definition) is 1. The average Bonchev–Trinajstić information content (AvgIpc) is 1.67. The van der Waals surface area contributed by atoms with Crippen molar-refractivity contribution in [2.45, 2.75) is 6.42 Å². The summed E-state index contributed by atoms with van der Waals surface area (Å²) in [4.78, 5) is 9.83. The molecule has 1 radical (unpaired) electrons. The summed E-state index contributed by atoms with van der Waals surface area (Å²) in [5, 5.41) is 9.83. The van der Waals surface area contributed by atoms with E-state index >= 15 is 0 Å². The zero-order valence-electron chi connectivity index (χ0n) is 4.52. The van der Waals surface area contributed by atoms with Crippen LogP contribution >= 0.6 is 0 Å². The van der Waals surface area contributed by atoms with Crippen molar-refractivity contribution in [3.8, 4) is 0 Å². The highest BCUT2D eigenvalue weighted by Gasteiger charge is 2.01. The van der Waals surface area contributed by atoms with E-state index in [4.69, 9.17) is 0 Å². The molecule has 0 saturated carbocycles. The molecule has 2 heteroatoms. The van der Waals surface area contributed by atoms with Gasteiger partial charge < -0.3 is 0 Å². The number of carbonyl (C=O) groups is 1. The maximum absolute atomic E-state index is 9.83. The Morgan fingerprint density at radius 3 is 2.25 bits per heavy atom. The van der Waals surface area contributed by atoms with E-state index in [1.807, 2.05) is 0 Å². The lowest BCUT2D eigenvalue weighted by molar-refractivity contribution is -0.138. The molecule has 0 aromatic heterocycles. The Hall–Kier alpha value is -1.05. The molecule has 0 N–H and O–H groups in total. The molecule has 0 aromatic carbocycles. The SMILES string of the molecule is C=CCC(=C)C([O])=O. The molecule has 0 fully saturated rings. The number of hydrogen-bond donors (Lipinski definition) is 0.